The van der Waals surface area contributed by atoms with Crippen LogP contribution in [0.1, 0.15) is 53.4 Å². The van der Waals surface area contributed by atoms with Crippen LogP contribution in [0.4, 0.5) is 0 Å². The molecule has 4 amide bonds. The number of unbranched alkanes of at least 4 members (excludes halogenated alkanes) is 1. The molecule has 0 rings (SSSR count). The molecule has 0 saturated heterocycles. The van der Waals surface area contributed by atoms with Gasteiger partial charge in [-0.25, -0.2) is 4.79 Å². The average Bonchev–Trinajstić information content (AvgIpc) is 2.69. The van der Waals surface area contributed by atoms with E-state index in [1.807, 2.05) is 0 Å². The Kier molecular flexibility index (Phi) is 13.3. The second-order valence-electron chi connectivity index (χ2n) is 8.00. The highest BCUT2D eigenvalue weighted by molar-refractivity contribution is 5.95. The minimum atomic E-state index is -1.67. The fourth-order valence-corrected chi connectivity index (χ4v) is 2.84. The Morgan fingerprint density at radius 3 is 1.85 bits per heavy atom. The molecule has 0 aliphatic carbocycles. The van der Waals surface area contributed by atoms with Crippen molar-refractivity contribution in [3.63, 3.8) is 0 Å². The predicted molar refractivity (Wildman–Crippen MR) is 117 cm³/mol. The van der Waals surface area contributed by atoms with Gasteiger partial charge in [-0.1, -0.05) is 13.8 Å². The summed E-state index contributed by atoms with van der Waals surface area (Å²) in [6, 6.07) is -4.78. The number of amides is 4. The van der Waals surface area contributed by atoms with E-state index >= 15 is 0 Å². The van der Waals surface area contributed by atoms with Crippen LogP contribution in [0, 0.1) is 5.92 Å². The fraction of sp³-hybridized carbons (Fsp3) is 0.700. The summed E-state index contributed by atoms with van der Waals surface area (Å²) in [5, 5.41) is 27.4. The van der Waals surface area contributed by atoms with Gasteiger partial charge in [-0.15, -0.1) is 0 Å². The van der Waals surface area contributed by atoms with Gasteiger partial charge in [0.1, 0.15) is 24.2 Å². The molecule has 0 unspecified atom stereocenters. The van der Waals surface area contributed by atoms with E-state index in [9.17, 15) is 28.8 Å². The van der Waals surface area contributed by atoms with Gasteiger partial charge >= 0.3 is 11.9 Å². The van der Waals surface area contributed by atoms with Crippen molar-refractivity contribution in [1.82, 2.24) is 21.3 Å². The highest BCUT2D eigenvalue weighted by Crippen LogP contribution is 2.06. The van der Waals surface area contributed by atoms with E-state index in [1.54, 1.807) is 13.8 Å². The first-order valence-electron chi connectivity index (χ1n) is 10.6. The molecule has 0 aromatic heterocycles. The van der Waals surface area contributed by atoms with Gasteiger partial charge in [-0.2, -0.15) is 0 Å². The Bertz CT molecular complexity index is 727. The summed E-state index contributed by atoms with van der Waals surface area (Å²) >= 11 is 0. The van der Waals surface area contributed by atoms with Crippen molar-refractivity contribution in [3.8, 4) is 0 Å². The van der Waals surface area contributed by atoms with E-state index in [1.165, 1.54) is 13.8 Å². The number of nitrogens with one attached hydrogen (secondary N) is 4. The number of carboxylic acid groups (broad SMARTS) is 2. The molecule has 0 aromatic rings. The summed E-state index contributed by atoms with van der Waals surface area (Å²) in [6.45, 7) is 6.29. The summed E-state index contributed by atoms with van der Waals surface area (Å²) < 4.78 is 0. The van der Waals surface area contributed by atoms with Crippen LogP contribution in [0.15, 0.2) is 0 Å². The summed E-state index contributed by atoms with van der Waals surface area (Å²) in [4.78, 5) is 71.0. The lowest BCUT2D eigenvalue weighted by Gasteiger charge is -2.26. The first-order chi connectivity index (χ1) is 15.3. The molecule has 0 aliphatic heterocycles. The zero-order valence-corrected chi connectivity index (χ0v) is 19.3. The van der Waals surface area contributed by atoms with Crippen LogP contribution in [-0.4, -0.2) is 76.5 Å². The molecule has 33 heavy (non-hydrogen) atoms. The van der Waals surface area contributed by atoms with E-state index < -0.39 is 72.1 Å². The second kappa shape index (κ2) is 14.8. The van der Waals surface area contributed by atoms with E-state index in [-0.39, 0.29) is 0 Å². The third-order valence-electron chi connectivity index (χ3n) is 4.63. The van der Waals surface area contributed by atoms with Crippen molar-refractivity contribution in [1.29, 1.82) is 0 Å². The normalized spacial score (nSPS) is 14.4. The number of hydrogen-bond donors (Lipinski definition) is 7. The topological polar surface area (TPSA) is 217 Å². The lowest BCUT2D eigenvalue weighted by molar-refractivity contribution is -0.147. The number of aliphatic carboxylic acids is 2. The van der Waals surface area contributed by atoms with Crippen molar-refractivity contribution in [2.45, 2.75) is 77.5 Å². The molecule has 0 saturated carbocycles. The molecular weight excluding hydrogens is 438 g/mol. The Hall–Kier alpha value is -3.22. The molecule has 13 heteroatoms. The molecule has 13 nitrogen and oxygen atoms in total. The molecule has 0 bridgehead atoms. The highest BCUT2D eigenvalue weighted by atomic mass is 16.4. The van der Waals surface area contributed by atoms with Crippen molar-refractivity contribution in [2.24, 2.45) is 11.7 Å². The van der Waals surface area contributed by atoms with E-state index in [2.05, 4.69) is 21.3 Å². The van der Waals surface area contributed by atoms with Gasteiger partial charge in [0.25, 0.3) is 0 Å². The Morgan fingerprint density at radius 2 is 1.39 bits per heavy atom. The Labute approximate surface area is 192 Å². The van der Waals surface area contributed by atoms with Crippen molar-refractivity contribution in [2.75, 3.05) is 6.54 Å². The quantitative estimate of drug-likeness (QED) is 0.135. The van der Waals surface area contributed by atoms with Crippen LogP contribution in [0.2, 0.25) is 0 Å². The van der Waals surface area contributed by atoms with Gasteiger partial charge < -0.3 is 37.2 Å². The third kappa shape index (κ3) is 11.8. The van der Waals surface area contributed by atoms with Crippen LogP contribution in [-0.2, 0) is 28.8 Å². The van der Waals surface area contributed by atoms with Gasteiger partial charge in [0, 0.05) is 6.92 Å². The zero-order chi connectivity index (χ0) is 25.7. The minimum absolute atomic E-state index is 0.328. The van der Waals surface area contributed by atoms with E-state index in [4.69, 9.17) is 15.9 Å². The largest absolute Gasteiger partial charge is 0.481 e. The van der Waals surface area contributed by atoms with Gasteiger partial charge in [0.05, 0.1) is 6.42 Å². The molecule has 8 N–H and O–H groups in total. The minimum Gasteiger partial charge on any atom is -0.481 e. The van der Waals surface area contributed by atoms with Crippen molar-refractivity contribution < 1.29 is 39.0 Å². The van der Waals surface area contributed by atoms with Gasteiger partial charge in [0.2, 0.25) is 23.6 Å². The molecule has 0 aromatic carbocycles. The number of rotatable bonds is 15. The number of hydrogen-bond acceptors (Lipinski definition) is 7. The highest BCUT2D eigenvalue weighted by Gasteiger charge is 2.31. The number of carbonyl (C=O) groups excluding carboxylic acids is 4. The first-order valence-corrected chi connectivity index (χ1v) is 10.6. The molecule has 0 radical (unpaired) electrons. The summed E-state index contributed by atoms with van der Waals surface area (Å²) in [6.07, 6.45) is 0.741. The molecule has 0 spiro atoms. The lowest BCUT2D eigenvalue weighted by atomic mass is 10.0. The predicted octanol–water partition coefficient (Wildman–Crippen LogP) is -1.69. The monoisotopic (exact) mass is 473 g/mol. The van der Waals surface area contributed by atoms with Crippen LogP contribution in [0.5, 0.6) is 0 Å². The summed E-state index contributed by atoms with van der Waals surface area (Å²) in [5.41, 5.74) is 5.44. The number of carbonyl (C=O) groups is 6. The van der Waals surface area contributed by atoms with E-state index in [0.717, 1.165) is 0 Å². The van der Waals surface area contributed by atoms with Crippen LogP contribution in [0.25, 0.3) is 0 Å². The van der Waals surface area contributed by atoms with Crippen molar-refractivity contribution >= 4 is 35.6 Å². The smallest absolute Gasteiger partial charge is 0.326 e. The van der Waals surface area contributed by atoms with E-state index in [0.29, 0.717) is 25.8 Å². The number of nitrogens with two attached hydrogens (primary N) is 1. The van der Waals surface area contributed by atoms with Gasteiger partial charge in [0.15, 0.2) is 0 Å². The second-order valence-corrected chi connectivity index (χ2v) is 8.00. The first kappa shape index (κ1) is 29.8. The molecular formula is C20H35N5O8. The maximum absolute atomic E-state index is 12.6. The van der Waals surface area contributed by atoms with Crippen LogP contribution in [0.3, 0.4) is 0 Å². The fourth-order valence-electron chi connectivity index (χ4n) is 2.84. The third-order valence-corrected chi connectivity index (χ3v) is 4.63. The Morgan fingerprint density at radius 1 is 0.788 bits per heavy atom. The average molecular weight is 474 g/mol. The molecule has 0 heterocycles. The summed E-state index contributed by atoms with van der Waals surface area (Å²) in [5.74, 6) is -5.99. The molecule has 0 fully saturated rings. The molecule has 0 aliphatic rings. The van der Waals surface area contributed by atoms with Crippen molar-refractivity contribution in [3.05, 3.63) is 0 Å². The van der Waals surface area contributed by atoms with Crippen LogP contribution >= 0.6 is 0 Å². The summed E-state index contributed by atoms with van der Waals surface area (Å²) in [7, 11) is 0. The zero-order valence-electron chi connectivity index (χ0n) is 19.3. The number of carboxylic acids is 2. The molecule has 188 valence electrons. The Balaban J connectivity index is 5.17. The van der Waals surface area contributed by atoms with Gasteiger partial charge in [-0.3, -0.25) is 24.0 Å². The van der Waals surface area contributed by atoms with Crippen LogP contribution < -0.4 is 27.0 Å². The maximum Gasteiger partial charge on any atom is 0.326 e. The SMILES string of the molecule is CC(=O)N[C@@H](CCCCN)C(=O)N[C@@H](C)C(=O)N[C@@H](C(=O)N[C@@H](CC(=O)O)C(=O)O)C(C)C. The standard InChI is InChI=1S/C20H35N5O8/c1-10(2)16(19(31)24-14(20(32)33)9-15(27)28)25-17(29)11(3)22-18(30)13(23-12(4)26)7-5-6-8-21/h10-11,13-14,16H,5-9,21H2,1-4H3,(H,22,30)(H,23,26)(H,24,31)(H,25,29)(H,27,28)(H,32,33)/t11-,13-,14-,16+/m0/s1. The maximum atomic E-state index is 12.6. The van der Waals surface area contributed by atoms with Gasteiger partial charge in [-0.05, 0) is 38.6 Å². The lowest BCUT2D eigenvalue weighted by Crippen LogP contribution is -2.58. The molecule has 4 atom stereocenters.